The van der Waals surface area contributed by atoms with Crippen molar-refractivity contribution in [2.45, 2.75) is 58.5 Å². The monoisotopic (exact) mass is 444 g/mol. The van der Waals surface area contributed by atoms with Crippen LogP contribution in [0.2, 0.25) is 25.7 Å². The molecule has 0 aliphatic carbocycles. The van der Waals surface area contributed by atoms with Crippen LogP contribution in [0, 0.1) is 0 Å². The zero-order valence-electron chi connectivity index (χ0n) is 16.7. The summed E-state index contributed by atoms with van der Waals surface area (Å²) in [4.78, 5) is 24.5. The molecule has 5 nitrogen and oxygen atoms in total. The van der Waals surface area contributed by atoms with Gasteiger partial charge in [-0.25, -0.2) is 4.79 Å². The Bertz CT molecular complexity index is 659. The van der Waals surface area contributed by atoms with Gasteiger partial charge in [0.05, 0.1) is 30.2 Å². The molecular formula is C19H29BrO5Si. The highest BCUT2D eigenvalue weighted by Crippen LogP contribution is 2.32. The molecular weight excluding hydrogens is 416 g/mol. The van der Waals surface area contributed by atoms with Crippen molar-refractivity contribution in [3.05, 3.63) is 27.7 Å². The van der Waals surface area contributed by atoms with Gasteiger partial charge in [0, 0.05) is 13.6 Å². The number of ether oxygens (including phenoxy) is 3. The zero-order chi connectivity index (χ0) is 20.1. The van der Waals surface area contributed by atoms with E-state index in [9.17, 15) is 9.59 Å². The van der Waals surface area contributed by atoms with E-state index in [4.69, 9.17) is 14.2 Å². The molecule has 0 spiro atoms. The number of hydrogen-bond donors (Lipinski definition) is 0. The molecule has 1 aromatic rings. The summed E-state index contributed by atoms with van der Waals surface area (Å²) in [5, 5.41) is 0. The van der Waals surface area contributed by atoms with Crippen molar-refractivity contribution < 1.29 is 23.8 Å². The highest BCUT2D eigenvalue weighted by Gasteiger charge is 2.22. The molecule has 1 aromatic carbocycles. The predicted molar refractivity (Wildman–Crippen MR) is 109 cm³/mol. The summed E-state index contributed by atoms with van der Waals surface area (Å²) >= 11 is 3.40. The first-order valence-corrected chi connectivity index (χ1v) is 13.1. The molecule has 0 aliphatic heterocycles. The topological polar surface area (TPSA) is 61.8 Å². The van der Waals surface area contributed by atoms with Crippen LogP contribution < -0.4 is 4.74 Å². The molecule has 0 heterocycles. The molecule has 0 saturated carbocycles. The van der Waals surface area contributed by atoms with Gasteiger partial charge in [0.2, 0.25) is 0 Å². The van der Waals surface area contributed by atoms with Crippen molar-refractivity contribution in [1.82, 2.24) is 0 Å². The Morgan fingerprint density at radius 3 is 2.27 bits per heavy atom. The predicted octanol–water partition coefficient (Wildman–Crippen LogP) is 4.84. The second kappa shape index (κ2) is 9.04. The van der Waals surface area contributed by atoms with E-state index in [2.05, 4.69) is 35.6 Å². The van der Waals surface area contributed by atoms with Crippen LogP contribution in [0.25, 0.3) is 0 Å². The standard InChI is InChI=1S/C19H29BrO5Si/c1-19(2,3)25-16(21)12-13-10-14(11-15(20)17(13)23-4)18(22)24-8-9-26(5,6)7/h10-11H,8-9,12H2,1-7H3. The van der Waals surface area contributed by atoms with Gasteiger partial charge in [-0.05, 0) is 54.9 Å². The molecule has 0 saturated heterocycles. The average molecular weight is 445 g/mol. The highest BCUT2D eigenvalue weighted by molar-refractivity contribution is 9.10. The summed E-state index contributed by atoms with van der Waals surface area (Å²) < 4.78 is 16.7. The summed E-state index contributed by atoms with van der Waals surface area (Å²) in [5.41, 5.74) is 0.384. The van der Waals surface area contributed by atoms with Crippen LogP contribution in [0.3, 0.4) is 0 Å². The molecule has 0 aliphatic rings. The van der Waals surface area contributed by atoms with Crippen LogP contribution in [-0.4, -0.2) is 39.3 Å². The van der Waals surface area contributed by atoms with Crippen molar-refractivity contribution in [1.29, 1.82) is 0 Å². The molecule has 0 unspecified atom stereocenters. The normalized spacial score (nSPS) is 11.8. The molecule has 146 valence electrons. The zero-order valence-corrected chi connectivity index (χ0v) is 19.3. The largest absolute Gasteiger partial charge is 0.495 e. The second-order valence-electron chi connectivity index (χ2n) is 8.36. The van der Waals surface area contributed by atoms with Crippen LogP contribution in [0.4, 0.5) is 0 Å². The van der Waals surface area contributed by atoms with E-state index in [1.807, 2.05) is 20.8 Å². The summed E-state index contributed by atoms with van der Waals surface area (Å²) in [6.07, 6.45) is 0.00900. The lowest BCUT2D eigenvalue weighted by Crippen LogP contribution is -2.25. The first-order valence-electron chi connectivity index (χ1n) is 8.58. The fourth-order valence-electron chi connectivity index (χ4n) is 2.19. The van der Waals surface area contributed by atoms with Crippen LogP contribution in [0.5, 0.6) is 5.75 Å². The number of methoxy groups -OCH3 is 1. The molecule has 0 atom stereocenters. The minimum atomic E-state index is -1.27. The van der Waals surface area contributed by atoms with E-state index >= 15 is 0 Å². The third kappa shape index (κ3) is 7.91. The number of carbonyl (C=O) groups excluding carboxylic acids is 2. The van der Waals surface area contributed by atoms with Gasteiger partial charge in [-0.3, -0.25) is 4.79 Å². The third-order valence-corrected chi connectivity index (χ3v) is 5.69. The second-order valence-corrected chi connectivity index (χ2v) is 14.8. The van der Waals surface area contributed by atoms with Crippen LogP contribution in [0.1, 0.15) is 36.7 Å². The molecule has 1 rings (SSSR count). The van der Waals surface area contributed by atoms with Crippen molar-refractivity contribution in [3.8, 4) is 5.75 Å². The summed E-state index contributed by atoms with van der Waals surface area (Å²) in [6.45, 7) is 12.5. The van der Waals surface area contributed by atoms with E-state index in [0.717, 1.165) is 6.04 Å². The van der Waals surface area contributed by atoms with Gasteiger partial charge in [-0.1, -0.05) is 19.6 Å². The third-order valence-electron chi connectivity index (χ3n) is 3.40. The fraction of sp³-hybridized carbons (Fsp3) is 0.579. The Balaban J connectivity index is 2.97. The van der Waals surface area contributed by atoms with E-state index in [0.29, 0.717) is 28.0 Å². The maximum Gasteiger partial charge on any atom is 0.338 e. The van der Waals surface area contributed by atoms with Gasteiger partial charge in [0.1, 0.15) is 11.4 Å². The van der Waals surface area contributed by atoms with Gasteiger partial charge in [-0.2, -0.15) is 0 Å². The molecule has 0 radical (unpaired) electrons. The van der Waals surface area contributed by atoms with Crippen LogP contribution in [0.15, 0.2) is 16.6 Å². The van der Waals surface area contributed by atoms with Crippen molar-refractivity contribution in [2.75, 3.05) is 13.7 Å². The summed E-state index contributed by atoms with van der Waals surface area (Å²) in [7, 11) is 0.245. The SMILES string of the molecule is COc1c(Br)cc(C(=O)OCC[Si](C)(C)C)cc1CC(=O)OC(C)(C)C. The van der Waals surface area contributed by atoms with Gasteiger partial charge in [0.15, 0.2) is 0 Å². The molecule has 0 aromatic heterocycles. The number of carbonyl (C=O) groups is 2. The van der Waals surface area contributed by atoms with E-state index in [-0.39, 0.29) is 12.4 Å². The number of halogens is 1. The summed E-state index contributed by atoms with van der Waals surface area (Å²) in [5.74, 6) is -0.279. The quantitative estimate of drug-likeness (QED) is 0.444. The molecule has 0 N–H and O–H groups in total. The Labute approximate surface area is 165 Å². The van der Waals surface area contributed by atoms with E-state index in [1.165, 1.54) is 7.11 Å². The highest BCUT2D eigenvalue weighted by atomic mass is 79.9. The van der Waals surface area contributed by atoms with Gasteiger partial charge < -0.3 is 14.2 Å². The first kappa shape index (κ1) is 22.7. The van der Waals surface area contributed by atoms with E-state index < -0.39 is 19.6 Å². The maximum absolute atomic E-state index is 12.4. The number of esters is 2. The van der Waals surface area contributed by atoms with Crippen molar-refractivity contribution in [3.63, 3.8) is 0 Å². The minimum Gasteiger partial charge on any atom is -0.495 e. The van der Waals surface area contributed by atoms with Gasteiger partial charge >= 0.3 is 11.9 Å². The van der Waals surface area contributed by atoms with Crippen LogP contribution in [-0.2, 0) is 20.7 Å². The molecule has 0 amide bonds. The lowest BCUT2D eigenvalue weighted by molar-refractivity contribution is -0.153. The molecule has 7 heteroatoms. The van der Waals surface area contributed by atoms with Crippen molar-refractivity contribution in [2.24, 2.45) is 0 Å². The Kier molecular flexibility index (Phi) is 7.89. The Morgan fingerprint density at radius 1 is 1.15 bits per heavy atom. The summed E-state index contributed by atoms with van der Waals surface area (Å²) in [6, 6.07) is 4.18. The lowest BCUT2D eigenvalue weighted by Gasteiger charge is -2.20. The molecule has 26 heavy (non-hydrogen) atoms. The fourth-order valence-corrected chi connectivity index (χ4v) is 3.57. The average Bonchev–Trinajstić information content (AvgIpc) is 2.43. The van der Waals surface area contributed by atoms with Gasteiger partial charge in [0.25, 0.3) is 0 Å². The lowest BCUT2D eigenvalue weighted by atomic mass is 10.1. The van der Waals surface area contributed by atoms with Gasteiger partial charge in [-0.15, -0.1) is 0 Å². The van der Waals surface area contributed by atoms with Crippen LogP contribution >= 0.6 is 15.9 Å². The van der Waals surface area contributed by atoms with Crippen molar-refractivity contribution >= 4 is 35.9 Å². The first-order chi connectivity index (χ1) is 11.8. The number of benzene rings is 1. The minimum absolute atomic E-state index is 0.00900. The number of hydrogen-bond acceptors (Lipinski definition) is 5. The molecule has 0 bridgehead atoms. The molecule has 0 fully saturated rings. The maximum atomic E-state index is 12.4. The smallest absolute Gasteiger partial charge is 0.338 e. The Morgan fingerprint density at radius 2 is 1.77 bits per heavy atom. The number of rotatable bonds is 7. The Hall–Kier alpha value is -1.34. The van der Waals surface area contributed by atoms with E-state index in [1.54, 1.807) is 12.1 Å².